The van der Waals surface area contributed by atoms with Crippen LogP contribution in [-0.2, 0) is 0 Å². The molecule has 0 aromatic heterocycles. The number of nitrogens with zero attached hydrogens (tertiary/aromatic N) is 1. The van der Waals surface area contributed by atoms with Crippen molar-refractivity contribution in [1.29, 1.82) is 0 Å². The zero-order chi connectivity index (χ0) is 13.0. The van der Waals surface area contributed by atoms with Crippen LogP contribution in [0.25, 0.3) is 0 Å². The minimum atomic E-state index is 0.0815. The van der Waals surface area contributed by atoms with Gasteiger partial charge in [-0.05, 0) is 43.5 Å². The highest BCUT2D eigenvalue weighted by atomic mass is 79.9. The van der Waals surface area contributed by atoms with E-state index in [1.54, 1.807) is 0 Å². The summed E-state index contributed by atoms with van der Waals surface area (Å²) in [5.74, 6) is 0. The van der Waals surface area contributed by atoms with E-state index < -0.39 is 0 Å². The summed E-state index contributed by atoms with van der Waals surface area (Å²) in [5, 5.41) is 9.27. The van der Waals surface area contributed by atoms with Gasteiger partial charge in [0.2, 0.25) is 0 Å². The fourth-order valence-electron chi connectivity index (χ4n) is 2.58. The highest BCUT2D eigenvalue weighted by Crippen LogP contribution is 2.21. The van der Waals surface area contributed by atoms with Crippen molar-refractivity contribution in [2.75, 3.05) is 19.7 Å². The lowest BCUT2D eigenvalue weighted by atomic mass is 10.0. The molecule has 2 unspecified atom stereocenters. The maximum atomic E-state index is 9.27. The van der Waals surface area contributed by atoms with Gasteiger partial charge < -0.3 is 10.8 Å². The second kappa shape index (κ2) is 6.66. The van der Waals surface area contributed by atoms with Crippen LogP contribution in [-0.4, -0.2) is 35.7 Å². The molecule has 3 N–H and O–H groups in total. The predicted octanol–water partition coefficient (Wildman–Crippen LogP) is 2.30. The van der Waals surface area contributed by atoms with Gasteiger partial charge in [-0.1, -0.05) is 28.1 Å². The number of nitrogens with two attached hydrogens (primary N) is 1. The third-order valence-corrected chi connectivity index (χ3v) is 4.26. The van der Waals surface area contributed by atoms with Crippen molar-refractivity contribution in [1.82, 2.24) is 4.90 Å². The second-order valence-corrected chi connectivity index (χ2v) is 5.88. The Balaban J connectivity index is 1.84. The van der Waals surface area contributed by atoms with E-state index >= 15 is 0 Å². The Morgan fingerprint density at radius 1 is 1.39 bits per heavy atom. The number of hydrogen-bond acceptors (Lipinski definition) is 3. The summed E-state index contributed by atoms with van der Waals surface area (Å²) in [6.07, 6.45) is 3.25. The number of aliphatic hydroxyl groups excluding tert-OH is 1. The van der Waals surface area contributed by atoms with Crippen molar-refractivity contribution < 1.29 is 5.11 Å². The Bertz CT molecular complexity index is 369. The SMILES string of the molecule is NC(CCN1CCCC1CO)c1ccc(Br)cc1. The highest BCUT2D eigenvalue weighted by Gasteiger charge is 2.23. The van der Waals surface area contributed by atoms with E-state index in [1.807, 2.05) is 12.1 Å². The second-order valence-electron chi connectivity index (χ2n) is 4.96. The van der Waals surface area contributed by atoms with Gasteiger partial charge in [-0.15, -0.1) is 0 Å². The van der Waals surface area contributed by atoms with E-state index in [2.05, 4.69) is 33.0 Å². The first-order valence-electron chi connectivity index (χ1n) is 6.56. The molecule has 100 valence electrons. The summed E-state index contributed by atoms with van der Waals surface area (Å²) < 4.78 is 1.08. The van der Waals surface area contributed by atoms with Crippen LogP contribution in [0.4, 0.5) is 0 Å². The van der Waals surface area contributed by atoms with E-state index in [1.165, 1.54) is 12.0 Å². The van der Waals surface area contributed by atoms with E-state index in [0.29, 0.717) is 6.04 Å². The first-order valence-corrected chi connectivity index (χ1v) is 7.36. The van der Waals surface area contributed by atoms with Gasteiger partial charge in [0.1, 0.15) is 0 Å². The van der Waals surface area contributed by atoms with E-state index in [0.717, 1.165) is 30.4 Å². The van der Waals surface area contributed by atoms with Crippen molar-refractivity contribution in [3.05, 3.63) is 34.3 Å². The average Bonchev–Trinajstić information content (AvgIpc) is 2.84. The molecule has 0 amide bonds. The highest BCUT2D eigenvalue weighted by molar-refractivity contribution is 9.10. The van der Waals surface area contributed by atoms with Crippen LogP contribution >= 0.6 is 15.9 Å². The number of hydrogen-bond donors (Lipinski definition) is 2. The minimum absolute atomic E-state index is 0.0815. The average molecular weight is 313 g/mol. The van der Waals surface area contributed by atoms with Gasteiger partial charge in [-0.3, -0.25) is 4.90 Å². The molecule has 18 heavy (non-hydrogen) atoms. The molecule has 0 spiro atoms. The van der Waals surface area contributed by atoms with Crippen LogP contribution in [0, 0.1) is 0 Å². The fourth-order valence-corrected chi connectivity index (χ4v) is 2.84. The molecule has 2 atom stereocenters. The summed E-state index contributed by atoms with van der Waals surface area (Å²) >= 11 is 3.43. The molecule has 0 aliphatic carbocycles. The first kappa shape index (κ1) is 14.0. The van der Waals surface area contributed by atoms with Crippen LogP contribution in [0.2, 0.25) is 0 Å². The lowest BCUT2D eigenvalue weighted by Gasteiger charge is -2.24. The smallest absolute Gasteiger partial charge is 0.0586 e. The van der Waals surface area contributed by atoms with E-state index in [4.69, 9.17) is 5.73 Å². The molecule has 4 heteroatoms. The molecule has 0 saturated carbocycles. The molecule has 1 aromatic carbocycles. The van der Waals surface area contributed by atoms with Crippen molar-refractivity contribution in [3.8, 4) is 0 Å². The number of likely N-dealkylation sites (tertiary alicyclic amines) is 1. The molecular formula is C14H21BrN2O. The number of rotatable bonds is 5. The third kappa shape index (κ3) is 3.54. The van der Waals surface area contributed by atoms with Crippen LogP contribution < -0.4 is 5.73 Å². The molecule has 1 fully saturated rings. The number of halogens is 1. The molecule has 2 rings (SSSR count). The van der Waals surface area contributed by atoms with E-state index in [9.17, 15) is 5.11 Å². The summed E-state index contributed by atoms with van der Waals surface area (Å²) in [4.78, 5) is 2.36. The molecule has 1 saturated heterocycles. The van der Waals surface area contributed by atoms with Crippen molar-refractivity contribution >= 4 is 15.9 Å². The zero-order valence-electron chi connectivity index (χ0n) is 10.6. The number of aliphatic hydroxyl groups is 1. The summed E-state index contributed by atoms with van der Waals surface area (Å²) in [6, 6.07) is 8.63. The fraction of sp³-hybridized carbons (Fsp3) is 0.571. The molecular weight excluding hydrogens is 292 g/mol. The zero-order valence-corrected chi connectivity index (χ0v) is 12.1. The maximum absolute atomic E-state index is 9.27. The topological polar surface area (TPSA) is 49.5 Å². The van der Waals surface area contributed by atoms with Crippen molar-refractivity contribution in [3.63, 3.8) is 0 Å². The summed E-state index contributed by atoms with van der Waals surface area (Å²) in [5.41, 5.74) is 7.38. The standard InChI is InChI=1S/C14H21BrN2O/c15-12-5-3-11(4-6-12)14(16)7-9-17-8-1-2-13(17)10-18/h3-6,13-14,18H,1-2,7-10,16H2. The van der Waals surface area contributed by atoms with Gasteiger partial charge in [-0.2, -0.15) is 0 Å². The maximum Gasteiger partial charge on any atom is 0.0586 e. The summed E-state index contributed by atoms with van der Waals surface area (Å²) in [7, 11) is 0. The van der Waals surface area contributed by atoms with Gasteiger partial charge in [0.05, 0.1) is 6.61 Å². The monoisotopic (exact) mass is 312 g/mol. The minimum Gasteiger partial charge on any atom is -0.395 e. The molecule has 0 radical (unpaired) electrons. The summed E-state index contributed by atoms with van der Waals surface area (Å²) in [6.45, 7) is 2.34. The van der Waals surface area contributed by atoms with Gasteiger partial charge >= 0.3 is 0 Å². The Morgan fingerprint density at radius 3 is 2.78 bits per heavy atom. The van der Waals surface area contributed by atoms with Crippen LogP contribution in [0.1, 0.15) is 30.9 Å². The van der Waals surface area contributed by atoms with Gasteiger partial charge in [0, 0.05) is 23.1 Å². The lowest BCUT2D eigenvalue weighted by Crippen LogP contribution is -2.34. The normalized spacial score (nSPS) is 22.3. The quantitative estimate of drug-likeness (QED) is 0.877. The third-order valence-electron chi connectivity index (χ3n) is 3.74. The van der Waals surface area contributed by atoms with Gasteiger partial charge in [0.15, 0.2) is 0 Å². The van der Waals surface area contributed by atoms with E-state index in [-0.39, 0.29) is 12.6 Å². The van der Waals surface area contributed by atoms with Crippen LogP contribution in [0.15, 0.2) is 28.7 Å². The van der Waals surface area contributed by atoms with Gasteiger partial charge in [0.25, 0.3) is 0 Å². The number of benzene rings is 1. The Kier molecular flexibility index (Phi) is 5.18. The molecule has 0 bridgehead atoms. The molecule has 1 heterocycles. The molecule has 1 aliphatic rings. The molecule has 1 aliphatic heterocycles. The Labute approximate surface area is 117 Å². The van der Waals surface area contributed by atoms with Crippen molar-refractivity contribution in [2.24, 2.45) is 5.73 Å². The molecule has 1 aromatic rings. The Morgan fingerprint density at radius 2 is 2.11 bits per heavy atom. The molecule has 3 nitrogen and oxygen atoms in total. The predicted molar refractivity (Wildman–Crippen MR) is 77.4 cm³/mol. The van der Waals surface area contributed by atoms with Gasteiger partial charge in [-0.25, -0.2) is 0 Å². The van der Waals surface area contributed by atoms with Crippen molar-refractivity contribution in [2.45, 2.75) is 31.3 Å². The lowest BCUT2D eigenvalue weighted by molar-refractivity contribution is 0.155. The Hall–Kier alpha value is -0.420. The largest absolute Gasteiger partial charge is 0.395 e. The van der Waals surface area contributed by atoms with Crippen LogP contribution in [0.3, 0.4) is 0 Å². The van der Waals surface area contributed by atoms with Crippen LogP contribution in [0.5, 0.6) is 0 Å². The first-order chi connectivity index (χ1) is 8.70.